The van der Waals surface area contributed by atoms with Crippen LogP contribution in [0.5, 0.6) is 0 Å². The van der Waals surface area contributed by atoms with Gasteiger partial charge in [0.2, 0.25) is 5.91 Å². The van der Waals surface area contributed by atoms with Crippen molar-refractivity contribution < 1.29 is 4.79 Å². The fourth-order valence-electron chi connectivity index (χ4n) is 1.24. The van der Waals surface area contributed by atoms with Gasteiger partial charge in [0.1, 0.15) is 5.38 Å². The van der Waals surface area contributed by atoms with Crippen LogP contribution in [0.25, 0.3) is 0 Å². The monoisotopic (exact) mass is 224 g/mol. The van der Waals surface area contributed by atoms with Gasteiger partial charge in [-0.05, 0) is 19.1 Å². The molecule has 2 unspecified atom stereocenters. The fraction of sp³-hybridized carbons (Fsp3) is 0.333. The molecule has 5 nitrogen and oxygen atoms in total. The highest BCUT2D eigenvalue weighted by molar-refractivity contribution is 6.30. The van der Waals surface area contributed by atoms with E-state index in [4.69, 9.17) is 11.6 Å². The minimum atomic E-state index is -0.582. The van der Waals surface area contributed by atoms with Gasteiger partial charge in [-0.15, -0.1) is 16.7 Å². The molecule has 2 heterocycles. The average molecular weight is 225 g/mol. The lowest BCUT2D eigenvalue weighted by Crippen LogP contribution is -2.31. The van der Waals surface area contributed by atoms with Gasteiger partial charge >= 0.3 is 0 Å². The third-order valence-corrected chi connectivity index (χ3v) is 2.22. The van der Waals surface area contributed by atoms with Gasteiger partial charge in [0.25, 0.3) is 0 Å². The van der Waals surface area contributed by atoms with Crippen molar-refractivity contribution >= 4 is 23.3 Å². The van der Waals surface area contributed by atoms with Gasteiger partial charge in [-0.3, -0.25) is 4.79 Å². The van der Waals surface area contributed by atoms with Crippen molar-refractivity contribution in [3.8, 4) is 0 Å². The molecule has 0 aliphatic carbocycles. The molecule has 0 saturated heterocycles. The molecular weight excluding hydrogens is 216 g/mol. The summed E-state index contributed by atoms with van der Waals surface area (Å²) in [5, 5.41) is 9.83. The largest absolute Gasteiger partial charge is 0.328 e. The molecule has 0 radical (unpaired) electrons. The Kier molecular flexibility index (Phi) is 2.64. The molecular formula is C9H9ClN4O. The van der Waals surface area contributed by atoms with Gasteiger partial charge in [-0.25, -0.2) is 4.98 Å². The number of rotatable bonds is 2. The molecule has 6 heteroatoms. The number of carbonyl (C=O) groups is 1. The van der Waals surface area contributed by atoms with Crippen molar-refractivity contribution in [3.05, 3.63) is 23.9 Å². The number of nitrogens with one attached hydrogen (secondary N) is 1. The lowest BCUT2D eigenvalue weighted by Gasteiger charge is -2.10. The first kappa shape index (κ1) is 10.0. The minimum Gasteiger partial charge on any atom is -0.328 e. The predicted octanol–water partition coefficient (Wildman–Crippen LogP) is 1.92. The second kappa shape index (κ2) is 3.94. The molecule has 1 aromatic rings. The molecule has 2 rings (SSSR count). The molecule has 0 fully saturated rings. The van der Waals surface area contributed by atoms with Crippen molar-refractivity contribution in [3.63, 3.8) is 0 Å². The molecule has 0 bridgehead atoms. The van der Waals surface area contributed by atoms with Crippen LogP contribution < -0.4 is 5.32 Å². The number of alkyl halides is 1. The first-order chi connectivity index (χ1) is 7.18. The Morgan fingerprint density at radius 1 is 1.67 bits per heavy atom. The predicted molar refractivity (Wildman–Crippen MR) is 55.0 cm³/mol. The molecule has 1 aliphatic rings. The smallest absolute Gasteiger partial charge is 0.239 e. The number of nitrogens with zero attached hydrogens (tertiary/aromatic N) is 3. The molecule has 1 aliphatic heterocycles. The summed E-state index contributed by atoms with van der Waals surface area (Å²) in [4.78, 5) is 15.4. The standard InChI is InChI=1S/C9H9ClN4O/c1-5(10)9(15)12-8-6-3-2-4-11-7(6)13-14-8/h2-5,8H,1H3,(H,12,15). The Labute approximate surface area is 91.6 Å². The number of fused-ring (bicyclic) bond motifs is 1. The molecule has 0 spiro atoms. The summed E-state index contributed by atoms with van der Waals surface area (Å²) in [6.07, 6.45) is 1.18. The van der Waals surface area contributed by atoms with E-state index in [1.54, 1.807) is 19.2 Å². The first-order valence-corrected chi connectivity index (χ1v) is 4.92. The maximum atomic E-state index is 11.3. The topological polar surface area (TPSA) is 66.7 Å². The maximum absolute atomic E-state index is 11.3. The quantitative estimate of drug-likeness (QED) is 0.780. The van der Waals surface area contributed by atoms with Crippen molar-refractivity contribution in [2.75, 3.05) is 0 Å². The molecule has 0 aromatic carbocycles. The summed E-state index contributed by atoms with van der Waals surface area (Å²) in [6, 6.07) is 3.60. The van der Waals surface area contributed by atoms with Crippen LogP contribution in [0, 0.1) is 0 Å². The van der Waals surface area contributed by atoms with Crippen LogP contribution in [0.1, 0.15) is 18.7 Å². The van der Waals surface area contributed by atoms with Crippen molar-refractivity contribution in [1.82, 2.24) is 10.3 Å². The summed E-state index contributed by atoms with van der Waals surface area (Å²) < 4.78 is 0. The summed E-state index contributed by atoms with van der Waals surface area (Å²) in [5.41, 5.74) is 0.795. The second-order valence-corrected chi connectivity index (χ2v) is 3.81. The zero-order valence-corrected chi connectivity index (χ0v) is 8.77. The van der Waals surface area contributed by atoms with Crippen molar-refractivity contribution in [2.45, 2.75) is 18.5 Å². The number of aromatic nitrogens is 1. The maximum Gasteiger partial charge on any atom is 0.239 e. The van der Waals surface area contributed by atoms with E-state index in [1.807, 2.05) is 6.07 Å². The Morgan fingerprint density at radius 2 is 2.47 bits per heavy atom. The Bertz CT molecular complexity index is 418. The number of hydrogen-bond donors (Lipinski definition) is 1. The van der Waals surface area contributed by atoms with E-state index < -0.39 is 11.5 Å². The third kappa shape index (κ3) is 1.97. The summed E-state index contributed by atoms with van der Waals surface area (Å²) in [7, 11) is 0. The van der Waals surface area contributed by atoms with E-state index in [-0.39, 0.29) is 5.91 Å². The number of azo groups is 1. The summed E-state index contributed by atoms with van der Waals surface area (Å²) in [5.74, 6) is 0.280. The van der Waals surface area contributed by atoms with Crippen LogP contribution >= 0.6 is 11.6 Å². The van der Waals surface area contributed by atoms with Gasteiger partial charge in [0, 0.05) is 11.8 Å². The SMILES string of the molecule is CC(Cl)C(=O)NC1N=Nc2ncccc21. The van der Waals surface area contributed by atoms with E-state index in [9.17, 15) is 4.79 Å². The number of halogens is 1. The zero-order valence-electron chi connectivity index (χ0n) is 8.01. The van der Waals surface area contributed by atoms with Crippen LogP contribution in [0.4, 0.5) is 5.82 Å². The minimum absolute atomic E-state index is 0.266. The molecule has 1 aromatic heterocycles. The zero-order chi connectivity index (χ0) is 10.8. The fourth-order valence-corrected chi connectivity index (χ4v) is 1.30. The Hall–Kier alpha value is -1.49. The Balaban J connectivity index is 2.15. The first-order valence-electron chi connectivity index (χ1n) is 4.48. The van der Waals surface area contributed by atoms with E-state index in [1.165, 1.54) is 0 Å². The average Bonchev–Trinajstić information content (AvgIpc) is 2.62. The normalized spacial score (nSPS) is 19.7. The van der Waals surface area contributed by atoms with Gasteiger partial charge in [-0.2, -0.15) is 5.11 Å². The Morgan fingerprint density at radius 3 is 3.20 bits per heavy atom. The van der Waals surface area contributed by atoms with Gasteiger partial charge in [-0.1, -0.05) is 0 Å². The number of pyridine rings is 1. The third-order valence-electron chi connectivity index (χ3n) is 2.02. The van der Waals surface area contributed by atoms with Crippen LogP contribution in [0.3, 0.4) is 0 Å². The van der Waals surface area contributed by atoms with Gasteiger partial charge in [0.15, 0.2) is 12.0 Å². The lowest BCUT2D eigenvalue weighted by atomic mass is 10.2. The number of amides is 1. The molecule has 78 valence electrons. The van der Waals surface area contributed by atoms with E-state index in [2.05, 4.69) is 20.5 Å². The van der Waals surface area contributed by atoms with E-state index in [0.717, 1.165) is 5.56 Å². The number of hydrogen-bond acceptors (Lipinski definition) is 4. The molecule has 1 N–H and O–H groups in total. The van der Waals surface area contributed by atoms with Crippen molar-refractivity contribution in [2.24, 2.45) is 10.2 Å². The second-order valence-electron chi connectivity index (χ2n) is 3.16. The highest BCUT2D eigenvalue weighted by Gasteiger charge is 2.23. The summed E-state index contributed by atoms with van der Waals surface area (Å²) in [6.45, 7) is 1.60. The summed E-state index contributed by atoms with van der Waals surface area (Å²) >= 11 is 5.63. The van der Waals surface area contributed by atoms with Gasteiger partial charge in [0.05, 0.1) is 0 Å². The highest BCUT2D eigenvalue weighted by atomic mass is 35.5. The van der Waals surface area contributed by atoms with E-state index >= 15 is 0 Å². The highest BCUT2D eigenvalue weighted by Crippen LogP contribution is 2.31. The van der Waals surface area contributed by atoms with E-state index in [0.29, 0.717) is 5.82 Å². The number of carbonyl (C=O) groups excluding carboxylic acids is 1. The van der Waals surface area contributed by atoms with Crippen LogP contribution in [0.2, 0.25) is 0 Å². The molecule has 15 heavy (non-hydrogen) atoms. The van der Waals surface area contributed by atoms with Gasteiger partial charge < -0.3 is 5.32 Å². The van der Waals surface area contributed by atoms with Crippen LogP contribution in [0.15, 0.2) is 28.6 Å². The van der Waals surface area contributed by atoms with Crippen LogP contribution in [-0.2, 0) is 4.79 Å². The molecule has 0 saturated carbocycles. The molecule has 2 atom stereocenters. The van der Waals surface area contributed by atoms with Crippen molar-refractivity contribution in [1.29, 1.82) is 0 Å². The van der Waals surface area contributed by atoms with Crippen LogP contribution in [-0.4, -0.2) is 16.3 Å². The lowest BCUT2D eigenvalue weighted by molar-refractivity contribution is -0.121. The molecule has 1 amide bonds.